The molecule has 8 heteroatoms. The first-order valence-corrected chi connectivity index (χ1v) is 14.7. The first kappa shape index (κ1) is 28.8. The number of rotatable bonds is 9. The van der Waals surface area contributed by atoms with Gasteiger partial charge in [-0.2, -0.15) is 0 Å². The van der Waals surface area contributed by atoms with Crippen molar-refractivity contribution in [2.24, 2.45) is 0 Å². The minimum Gasteiger partial charge on any atom is -0.496 e. The van der Waals surface area contributed by atoms with Crippen molar-refractivity contribution in [1.29, 1.82) is 0 Å². The van der Waals surface area contributed by atoms with E-state index >= 15 is 0 Å². The van der Waals surface area contributed by atoms with E-state index in [1.54, 1.807) is 20.1 Å². The third kappa shape index (κ3) is 5.85. The first-order valence-electron chi connectivity index (χ1n) is 14.7. The number of likely N-dealkylation sites (tertiary alicyclic amines) is 1. The van der Waals surface area contributed by atoms with Crippen LogP contribution >= 0.6 is 0 Å². The van der Waals surface area contributed by atoms with Crippen molar-refractivity contribution < 1.29 is 28.6 Å². The highest BCUT2D eigenvalue weighted by Gasteiger charge is 2.34. The Morgan fingerprint density at radius 1 is 0.977 bits per heavy atom. The first-order chi connectivity index (χ1) is 20.8. The van der Waals surface area contributed by atoms with Crippen molar-refractivity contribution in [3.05, 3.63) is 101 Å². The maximum absolute atomic E-state index is 14.4. The molecule has 7 nitrogen and oxygen atoms in total. The van der Waals surface area contributed by atoms with Gasteiger partial charge in [0, 0.05) is 31.6 Å². The zero-order valence-electron chi connectivity index (χ0n) is 24.3. The van der Waals surface area contributed by atoms with Gasteiger partial charge in [-0.1, -0.05) is 60.7 Å². The molecule has 0 spiro atoms. The standard InChI is InChI=1S/C35H35FN2O5/c1-21-7-3-13-29(36)32(21)34(39)37-30(35(40)41)17-22-8-4-11-27-26(22)10-6-12-28(27)33-23(9-5-14-31(33)42-2)18-38-19-24-15-16-25(20-38)43-24/h3-14,24-25,30H,15-20H2,1-2H3,(H,37,39)(H,40,41)/t24?,25?,30-/m0/s1. The Hall–Kier alpha value is -4.27. The summed E-state index contributed by atoms with van der Waals surface area (Å²) in [6.07, 6.45) is 2.83. The molecule has 2 heterocycles. The van der Waals surface area contributed by atoms with E-state index in [1.807, 2.05) is 42.5 Å². The lowest BCUT2D eigenvalue weighted by Crippen LogP contribution is -2.42. The number of aryl methyl sites for hydroxylation is 1. The minimum absolute atomic E-state index is 0.0324. The summed E-state index contributed by atoms with van der Waals surface area (Å²) < 4.78 is 26.4. The fourth-order valence-corrected chi connectivity index (χ4v) is 6.59. The summed E-state index contributed by atoms with van der Waals surface area (Å²) in [6.45, 7) is 4.19. The van der Waals surface area contributed by atoms with Crippen LogP contribution in [0.3, 0.4) is 0 Å². The molecule has 2 unspecified atom stereocenters. The average molecular weight is 583 g/mol. The Kier molecular flexibility index (Phi) is 8.15. The van der Waals surface area contributed by atoms with E-state index < -0.39 is 23.7 Å². The molecule has 2 saturated heterocycles. The number of hydrogen-bond acceptors (Lipinski definition) is 5. The van der Waals surface area contributed by atoms with Gasteiger partial charge in [0.15, 0.2) is 0 Å². The Balaban J connectivity index is 1.34. The number of benzene rings is 4. The van der Waals surface area contributed by atoms with Gasteiger partial charge in [0.1, 0.15) is 17.6 Å². The van der Waals surface area contributed by atoms with Crippen molar-refractivity contribution in [2.45, 2.75) is 51.0 Å². The number of carboxylic acid groups (broad SMARTS) is 1. The molecule has 0 saturated carbocycles. The van der Waals surface area contributed by atoms with E-state index in [2.05, 4.69) is 22.3 Å². The predicted molar refractivity (Wildman–Crippen MR) is 163 cm³/mol. The number of fused-ring (bicyclic) bond motifs is 3. The van der Waals surface area contributed by atoms with Crippen LogP contribution in [-0.4, -0.2) is 60.3 Å². The second-order valence-electron chi connectivity index (χ2n) is 11.5. The summed E-state index contributed by atoms with van der Waals surface area (Å²) >= 11 is 0. The molecule has 3 atom stereocenters. The Bertz CT molecular complexity index is 1660. The average Bonchev–Trinajstić information content (AvgIpc) is 3.33. The maximum atomic E-state index is 14.4. The molecule has 2 N–H and O–H groups in total. The van der Waals surface area contributed by atoms with Gasteiger partial charge in [0.2, 0.25) is 0 Å². The lowest BCUT2D eigenvalue weighted by Gasteiger charge is -2.32. The fraction of sp³-hybridized carbons (Fsp3) is 0.314. The number of halogens is 1. The Morgan fingerprint density at radius 2 is 1.65 bits per heavy atom. The molecular formula is C35H35FN2O5. The number of carbonyl (C=O) groups excluding carboxylic acids is 1. The van der Waals surface area contributed by atoms with Gasteiger partial charge < -0.3 is 19.9 Å². The van der Waals surface area contributed by atoms with Crippen LogP contribution in [-0.2, 0) is 22.5 Å². The van der Waals surface area contributed by atoms with Gasteiger partial charge in [-0.3, -0.25) is 9.69 Å². The number of amides is 1. The molecule has 1 amide bonds. The van der Waals surface area contributed by atoms with Crippen molar-refractivity contribution in [3.63, 3.8) is 0 Å². The number of morpholine rings is 1. The number of ether oxygens (including phenoxy) is 2. The molecule has 2 fully saturated rings. The van der Waals surface area contributed by atoms with Crippen molar-refractivity contribution in [1.82, 2.24) is 10.2 Å². The lowest BCUT2D eigenvalue weighted by molar-refractivity contribution is -0.139. The summed E-state index contributed by atoms with van der Waals surface area (Å²) in [6, 6.07) is 21.0. The number of hydrogen-bond donors (Lipinski definition) is 2. The van der Waals surface area contributed by atoms with Gasteiger partial charge in [0.25, 0.3) is 5.91 Å². The Morgan fingerprint density at radius 3 is 2.37 bits per heavy atom. The summed E-state index contributed by atoms with van der Waals surface area (Å²) in [5.74, 6) is -1.86. The van der Waals surface area contributed by atoms with Gasteiger partial charge >= 0.3 is 5.97 Å². The topological polar surface area (TPSA) is 88.1 Å². The lowest BCUT2D eigenvalue weighted by atomic mass is 9.90. The van der Waals surface area contributed by atoms with Gasteiger partial charge in [-0.05, 0) is 64.9 Å². The molecule has 0 aliphatic carbocycles. The monoisotopic (exact) mass is 582 g/mol. The normalized spacial score (nSPS) is 18.9. The number of nitrogens with one attached hydrogen (secondary N) is 1. The van der Waals surface area contributed by atoms with E-state index in [0.717, 1.165) is 71.3 Å². The molecule has 2 bridgehead atoms. The molecule has 2 aliphatic heterocycles. The minimum atomic E-state index is -1.25. The van der Waals surface area contributed by atoms with Crippen molar-refractivity contribution >= 4 is 22.6 Å². The smallest absolute Gasteiger partial charge is 0.326 e. The zero-order valence-corrected chi connectivity index (χ0v) is 24.3. The number of nitrogens with zero attached hydrogens (tertiary/aromatic N) is 1. The number of aliphatic carboxylic acids is 1. The highest BCUT2D eigenvalue weighted by Crippen LogP contribution is 2.40. The van der Waals surface area contributed by atoms with Gasteiger partial charge in [0.05, 0.1) is 24.9 Å². The highest BCUT2D eigenvalue weighted by molar-refractivity contribution is 6.01. The highest BCUT2D eigenvalue weighted by atomic mass is 19.1. The van der Waals surface area contributed by atoms with Crippen LogP contribution in [0.25, 0.3) is 21.9 Å². The molecule has 43 heavy (non-hydrogen) atoms. The summed E-state index contributed by atoms with van der Waals surface area (Å²) in [4.78, 5) is 27.7. The van der Waals surface area contributed by atoms with E-state index in [4.69, 9.17) is 9.47 Å². The molecule has 0 radical (unpaired) electrons. The summed E-state index contributed by atoms with van der Waals surface area (Å²) in [7, 11) is 1.67. The third-order valence-corrected chi connectivity index (χ3v) is 8.60. The number of carboxylic acids is 1. The van der Waals surface area contributed by atoms with Crippen molar-refractivity contribution in [3.8, 4) is 16.9 Å². The molecule has 0 aromatic heterocycles. The fourth-order valence-electron chi connectivity index (χ4n) is 6.59. The van der Waals surface area contributed by atoms with Crippen molar-refractivity contribution in [2.75, 3.05) is 20.2 Å². The number of carbonyl (C=O) groups is 2. The van der Waals surface area contributed by atoms with Crippen LogP contribution < -0.4 is 10.1 Å². The quantitative estimate of drug-likeness (QED) is 0.261. The third-order valence-electron chi connectivity index (χ3n) is 8.60. The van der Waals surface area contributed by atoms with Gasteiger partial charge in [-0.25, -0.2) is 9.18 Å². The van der Waals surface area contributed by atoms with Gasteiger partial charge in [-0.15, -0.1) is 0 Å². The largest absolute Gasteiger partial charge is 0.496 e. The van der Waals surface area contributed by atoms with E-state index in [-0.39, 0.29) is 24.2 Å². The zero-order chi connectivity index (χ0) is 30.1. The van der Waals surface area contributed by atoms with Crippen LogP contribution in [0.4, 0.5) is 4.39 Å². The second kappa shape index (κ2) is 12.1. The summed E-state index contributed by atoms with van der Waals surface area (Å²) in [5, 5.41) is 14.4. The van der Waals surface area contributed by atoms with Crippen LogP contribution in [0.1, 0.15) is 39.9 Å². The molecule has 2 aliphatic rings. The second-order valence-corrected chi connectivity index (χ2v) is 11.5. The maximum Gasteiger partial charge on any atom is 0.326 e. The van der Waals surface area contributed by atoms with Crippen LogP contribution in [0.2, 0.25) is 0 Å². The predicted octanol–water partition coefficient (Wildman–Crippen LogP) is 5.75. The Labute approximate surface area is 250 Å². The SMILES string of the molecule is COc1cccc(CN2CC3CCC(C2)O3)c1-c1cccc2c(C[C@H](NC(=O)c3c(C)cccc3F)C(=O)O)cccc12. The van der Waals surface area contributed by atoms with E-state index in [9.17, 15) is 19.1 Å². The molecule has 4 aromatic carbocycles. The van der Waals surface area contributed by atoms with E-state index in [0.29, 0.717) is 5.56 Å². The van der Waals surface area contributed by atoms with Crippen LogP contribution in [0.5, 0.6) is 5.75 Å². The molecular weight excluding hydrogens is 547 g/mol. The summed E-state index contributed by atoms with van der Waals surface area (Å²) in [5.41, 5.74) is 4.19. The van der Waals surface area contributed by atoms with Crippen LogP contribution in [0.15, 0.2) is 72.8 Å². The molecule has 222 valence electrons. The van der Waals surface area contributed by atoms with E-state index in [1.165, 1.54) is 12.1 Å². The number of methoxy groups -OCH3 is 1. The molecule has 6 rings (SSSR count). The molecule has 4 aromatic rings. The van der Waals surface area contributed by atoms with Crippen LogP contribution in [0, 0.1) is 12.7 Å².